The van der Waals surface area contributed by atoms with Gasteiger partial charge in [0, 0.05) is 54.4 Å². The third kappa shape index (κ3) is 4.05. The molecule has 0 saturated carbocycles. The second-order valence-corrected chi connectivity index (χ2v) is 6.89. The van der Waals surface area contributed by atoms with Crippen molar-refractivity contribution in [3.05, 3.63) is 72.7 Å². The molecule has 140 valence electrons. The molecule has 0 aliphatic carbocycles. The zero-order chi connectivity index (χ0) is 19.6. The average Bonchev–Trinajstić information content (AvgIpc) is 2.67. The number of rotatable bonds is 4. The van der Waals surface area contributed by atoms with Crippen LogP contribution in [0.4, 0.5) is 17.1 Å². The van der Waals surface area contributed by atoms with Gasteiger partial charge in [-0.05, 0) is 24.3 Å². The Balaban J connectivity index is 1.69. The predicted octanol–water partition coefficient (Wildman–Crippen LogP) is 3.23. The van der Waals surface area contributed by atoms with Crippen molar-refractivity contribution >= 4 is 38.9 Å². The second kappa shape index (κ2) is 7.70. The first-order chi connectivity index (χ1) is 12.9. The van der Waals surface area contributed by atoms with Crippen LogP contribution in [0.3, 0.4) is 0 Å². The highest BCUT2D eigenvalue weighted by atomic mass is 79.9. The summed E-state index contributed by atoms with van der Waals surface area (Å²) in [5.41, 5.74) is 0.841. The molecule has 0 bridgehead atoms. The molecule has 0 aromatic heterocycles. The van der Waals surface area contributed by atoms with Crippen molar-refractivity contribution in [1.29, 1.82) is 0 Å². The van der Waals surface area contributed by atoms with Crippen LogP contribution in [0.1, 0.15) is 10.4 Å². The quantitative estimate of drug-likeness (QED) is 0.539. The number of piperazine rings is 1. The third-order valence-corrected chi connectivity index (χ3v) is 4.86. The normalized spacial score (nSPS) is 14.1. The maximum atomic E-state index is 12.6. The highest BCUT2D eigenvalue weighted by Crippen LogP contribution is 2.32. The molecule has 0 radical (unpaired) electrons. The van der Waals surface area contributed by atoms with E-state index in [-0.39, 0.29) is 17.3 Å². The van der Waals surface area contributed by atoms with Crippen LogP contribution in [-0.4, -0.2) is 46.8 Å². The molecule has 3 rings (SSSR count). The highest BCUT2D eigenvalue weighted by molar-refractivity contribution is 9.10. The Hall–Kier alpha value is -3.01. The van der Waals surface area contributed by atoms with Gasteiger partial charge in [-0.1, -0.05) is 15.9 Å². The van der Waals surface area contributed by atoms with Crippen LogP contribution in [0.5, 0.6) is 0 Å². The smallest absolute Gasteiger partial charge is 0.293 e. The lowest BCUT2D eigenvalue weighted by molar-refractivity contribution is -0.384. The highest BCUT2D eigenvalue weighted by Gasteiger charge is 2.26. The summed E-state index contributed by atoms with van der Waals surface area (Å²) in [5.74, 6) is -0.213. The Labute approximate surface area is 162 Å². The molecule has 1 heterocycles. The molecule has 10 heteroatoms. The maximum Gasteiger partial charge on any atom is 0.293 e. The minimum absolute atomic E-state index is 0.0134. The van der Waals surface area contributed by atoms with E-state index in [9.17, 15) is 25.0 Å². The van der Waals surface area contributed by atoms with Gasteiger partial charge < -0.3 is 9.80 Å². The van der Waals surface area contributed by atoms with Gasteiger partial charge in [-0.2, -0.15) is 0 Å². The number of hydrogen-bond acceptors (Lipinski definition) is 6. The van der Waals surface area contributed by atoms with Crippen molar-refractivity contribution in [3.8, 4) is 0 Å². The summed E-state index contributed by atoms with van der Waals surface area (Å²) in [6.07, 6.45) is 0. The zero-order valence-corrected chi connectivity index (χ0v) is 15.7. The number of halogens is 1. The molecular weight excluding hydrogens is 420 g/mol. The summed E-state index contributed by atoms with van der Waals surface area (Å²) in [7, 11) is 0. The fourth-order valence-electron chi connectivity index (χ4n) is 2.97. The van der Waals surface area contributed by atoms with Crippen molar-refractivity contribution in [2.24, 2.45) is 0 Å². The molecule has 1 aliphatic rings. The minimum Gasteiger partial charge on any atom is -0.362 e. The number of benzene rings is 2. The Bertz CT molecular complexity index is 895. The largest absolute Gasteiger partial charge is 0.362 e. The van der Waals surface area contributed by atoms with Gasteiger partial charge >= 0.3 is 0 Å². The Morgan fingerprint density at radius 1 is 0.926 bits per heavy atom. The van der Waals surface area contributed by atoms with E-state index in [1.54, 1.807) is 17.0 Å². The lowest BCUT2D eigenvalue weighted by Gasteiger charge is -2.35. The van der Waals surface area contributed by atoms with Crippen LogP contribution in [0.2, 0.25) is 0 Å². The summed E-state index contributed by atoms with van der Waals surface area (Å²) < 4.78 is 0.630. The van der Waals surface area contributed by atoms with E-state index in [1.165, 1.54) is 30.3 Å². The van der Waals surface area contributed by atoms with Crippen LogP contribution in [0, 0.1) is 20.2 Å². The molecule has 1 aliphatic heterocycles. The molecule has 1 saturated heterocycles. The van der Waals surface area contributed by atoms with E-state index >= 15 is 0 Å². The fraction of sp³-hybridized carbons (Fsp3) is 0.235. The number of carbonyl (C=O) groups is 1. The number of hydrogen-bond donors (Lipinski definition) is 0. The molecule has 0 unspecified atom stereocenters. The van der Waals surface area contributed by atoms with E-state index in [1.807, 2.05) is 4.90 Å². The van der Waals surface area contributed by atoms with Crippen molar-refractivity contribution in [1.82, 2.24) is 4.90 Å². The molecule has 0 atom stereocenters. The number of nitro benzene ring substituents is 2. The third-order valence-electron chi connectivity index (χ3n) is 4.37. The van der Waals surface area contributed by atoms with Gasteiger partial charge in [0.05, 0.1) is 9.85 Å². The number of carbonyl (C=O) groups excluding carboxylic acids is 1. The molecular formula is C17H15BrN4O5. The lowest BCUT2D eigenvalue weighted by Crippen LogP contribution is -2.48. The molecule has 0 N–H and O–H groups in total. The SMILES string of the molecule is O=C(c1ccc([N+](=O)[O-])cc1)N1CCN(c2ccc(Br)cc2[N+](=O)[O-])CC1. The van der Waals surface area contributed by atoms with Gasteiger partial charge in [0.15, 0.2) is 0 Å². The van der Waals surface area contributed by atoms with E-state index < -0.39 is 9.85 Å². The van der Waals surface area contributed by atoms with Crippen LogP contribution >= 0.6 is 15.9 Å². The van der Waals surface area contributed by atoms with Gasteiger partial charge in [0.1, 0.15) is 5.69 Å². The molecule has 0 spiro atoms. The van der Waals surface area contributed by atoms with Gasteiger partial charge in [-0.3, -0.25) is 25.0 Å². The van der Waals surface area contributed by atoms with Crippen molar-refractivity contribution in [3.63, 3.8) is 0 Å². The van der Waals surface area contributed by atoms with Crippen molar-refractivity contribution < 1.29 is 14.6 Å². The summed E-state index contributed by atoms with van der Waals surface area (Å²) in [6.45, 7) is 1.73. The van der Waals surface area contributed by atoms with Gasteiger partial charge in [-0.25, -0.2) is 0 Å². The van der Waals surface area contributed by atoms with E-state index in [0.29, 0.717) is 41.9 Å². The van der Waals surface area contributed by atoms with E-state index in [0.717, 1.165) is 0 Å². The maximum absolute atomic E-state index is 12.6. The molecule has 1 amide bonds. The fourth-order valence-corrected chi connectivity index (χ4v) is 3.32. The number of anilines is 1. The average molecular weight is 435 g/mol. The topological polar surface area (TPSA) is 110 Å². The molecule has 2 aromatic carbocycles. The van der Waals surface area contributed by atoms with Crippen LogP contribution in [0.15, 0.2) is 46.9 Å². The second-order valence-electron chi connectivity index (χ2n) is 5.97. The Morgan fingerprint density at radius 2 is 1.56 bits per heavy atom. The first-order valence-electron chi connectivity index (χ1n) is 8.09. The van der Waals surface area contributed by atoms with Crippen LogP contribution < -0.4 is 4.90 Å². The van der Waals surface area contributed by atoms with Crippen LogP contribution in [0.25, 0.3) is 0 Å². The van der Waals surface area contributed by atoms with Gasteiger partial charge in [0.2, 0.25) is 0 Å². The Morgan fingerprint density at radius 3 is 2.11 bits per heavy atom. The van der Waals surface area contributed by atoms with Gasteiger partial charge in [0.25, 0.3) is 17.3 Å². The van der Waals surface area contributed by atoms with Crippen LogP contribution in [-0.2, 0) is 0 Å². The molecule has 1 fully saturated rings. The summed E-state index contributed by atoms with van der Waals surface area (Å²) >= 11 is 3.24. The zero-order valence-electron chi connectivity index (χ0n) is 14.1. The molecule has 2 aromatic rings. The molecule has 27 heavy (non-hydrogen) atoms. The number of non-ortho nitro benzene ring substituents is 1. The number of amides is 1. The monoisotopic (exact) mass is 434 g/mol. The first-order valence-corrected chi connectivity index (χ1v) is 8.89. The number of nitrogens with zero attached hydrogens (tertiary/aromatic N) is 4. The minimum atomic E-state index is -0.516. The van der Waals surface area contributed by atoms with Crippen molar-refractivity contribution in [2.75, 3.05) is 31.1 Å². The lowest BCUT2D eigenvalue weighted by atomic mass is 10.1. The van der Waals surface area contributed by atoms with Crippen molar-refractivity contribution in [2.45, 2.75) is 0 Å². The Kier molecular flexibility index (Phi) is 5.36. The summed E-state index contributed by atoms with van der Waals surface area (Å²) in [4.78, 5) is 37.1. The van der Waals surface area contributed by atoms with E-state index in [4.69, 9.17) is 0 Å². The summed E-state index contributed by atoms with van der Waals surface area (Å²) in [6, 6.07) is 10.4. The first kappa shape index (κ1) is 18.8. The number of nitro groups is 2. The molecule has 9 nitrogen and oxygen atoms in total. The summed E-state index contributed by atoms with van der Waals surface area (Å²) in [5, 5.41) is 22.0. The van der Waals surface area contributed by atoms with Gasteiger partial charge in [-0.15, -0.1) is 0 Å². The van der Waals surface area contributed by atoms with E-state index in [2.05, 4.69) is 15.9 Å². The predicted molar refractivity (Wildman–Crippen MR) is 102 cm³/mol. The standard InChI is InChI=1S/C17H15BrN4O5/c18-13-3-6-15(16(11-13)22(26)27)19-7-9-20(10-8-19)17(23)12-1-4-14(5-2-12)21(24)25/h1-6,11H,7-10H2.